The number of hydrogen-bond acceptors (Lipinski definition) is 3. The number of benzene rings is 2. The first-order chi connectivity index (χ1) is 10.4. The van der Waals surface area contributed by atoms with Crippen molar-refractivity contribution in [3.8, 4) is 11.5 Å². The first-order valence-corrected chi connectivity index (χ1v) is 6.95. The molecule has 0 atom stereocenters. The fourth-order valence-electron chi connectivity index (χ4n) is 1.97. The molecule has 0 unspecified atom stereocenters. The average Bonchev–Trinajstić information content (AvgIpc) is 2.44. The van der Waals surface area contributed by atoms with Gasteiger partial charge in [-0.25, -0.2) is 4.79 Å². The molecule has 0 heterocycles. The van der Waals surface area contributed by atoms with Crippen LogP contribution in [0.25, 0.3) is 11.6 Å². The molecule has 2 rings (SSSR count). The fourth-order valence-corrected chi connectivity index (χ4v) is 2.62. The van der Waals surface area contributed by atoms with Crippen molar-refractivity contribution in [3.63, 3.8) is 0 Å². The molecule has 0 radical (unpaired) electrons. The van der Waals surface area contributed by atoms with Crippen molar-refractivity contribution in [2.24, 2.45) is 0 Å². The molecule has 114 valence electrons. The van der Waals surface area contributed by atoms with Crippen LogP contribution in [0.4, 0.5) is 0 Å². The van der Waals surface area contributed by atoms with E-state index in [9.17, 15) is 15.0 Å². The quantitative estimate of drug-likeness (QED) is 0.643. The van der Waals surface area contributed by atoms with Crippen LogP contribution < -0.4 is 4.74 Å². The maximum atomic E-state index is 11.5. The molecule has 0 saturated heterocycles. The first-order valence-electron chi connectivity index (χ1n) is 6.20. The number of carboxylic acid groups (broad SMARTS) is 1. The van der Waals surface area contributed by atoms with E-state index in [4.69, 9.17) is 27.9 Å². The second-order valence-corrected chi connectivity index (χ2v) is 5.25. The predicted molar refractivity (Wildman–Crippen MR) is 86.6 cm³/mol. The summed E-state index contributed by atoms with van der Waals surface area (Å²) in [4.78, 5) is 11.5. The molecule has 0 amide bonds. The van der Waals surface area contributed by atoms with Crippen LogP contribution >= 0.6 is 23.2 Å². The standard InChI is InChI=1S/C16H12Cl2O4/c1-22-15-13(17)6-9(7-14(15)18)5-12(16(20)21)10-3-2-4-11(19)8-10/h2-8,19H,1H3,(H,20,21)/b12-5-. The number of carbonyl (C=O) groups is 1. The Morgan fingerprint density at radius 1 is 1.18 bits per heavy atom. The van der Waals surface area contributed by atoms with Crippen LogP contribution in [0.5, 0.6) is 11.5 Å². The SMILES string of the molecule is COc1c(Cl)cc(/C=C(\C(=O)O)c2cccc(O)c2)cc1Cl. The van der Waals surface area contributed by atoms with Crippen LogP contribution in [0.2, 0.25) is 10.0 Å². The zero-order chi connectivity index (χ0) is 16.3. The summed E-state index contributed by atoms with van der Waals surface area (Å²) in [6.07, 6.45) is 1.42. The van der Waals surface area contributed by atoms with E-state index in [1.54, 1.807) is 24.3 Å². The lowest BCUT2D eigenvalue weighted by molar-refractivity contribution is -0.130. The van der Waals surface area contributed by atoms with Crippen molar-refractivity contribution in [2.75, 3.05) is 7.11 Å². The second-order valence-electron chi connectivity index (χ2n) is 4.43. The van der Waals surface area contributed by atoms with Gasteiger partial charge < -0.3 is 14.9 Å². The molecule has 0 aromatic heterocycles. The summed E-state index contributed by atoms with van der Waals surface area (Å²) >= 11 is 12.1. The Morgan fingerprint density at radius 2 is 1.82 bits per heavy atom. The van der Waals surface area contributed by atoms with Crippen LogP contribution in [-0.4, -0.2) is 23.3 Å². The highest BCUT2D eigenvalue weighted by molar-refractivity contribution is 6.37. The van der Waals surface area contributed by atoms with Crippen LogP contribution in [0.15, 0.2) is 36.4 Å². The van der Waals surface area contributed by atoms with E-state index in [2.05, 4.69) is 0 Å². The van der Waals surface area contributed by atoms with Crippen molar-refractivity contribution in [3.05, 3.63) is 57.6 Å². The number of phenolic OH excluding ortho intramolecular Hbond substituents is 1. The van der Waals surface area contributed by atoms with E-state index in [0.717, 1.165) is 0 Å². The summed E-state index contributed by atoms with van der Waals surface area (Å²) in [5.74, 6) is -0.821. The Morgan fingerprint density at radius 3 is 2.32 bits per heavy atom. The third-order valence-electron chi connectivity index (χ3n) is 2.92. The van der Waals surface area contributed by atoms with Gasteiger partial charge in [-0.15, -0.1) is 0 Å². The number of hydrogen-bond donors (Lipinski definition) is 2. The van der Waals surface area contributed by atoms with Gasteiger partial charge in [-0.1, -0.05) is 35.3 Å². The molecule has 22 heavy (non-hydrogen) atoms. The normalized spacial score (nSPS) is 11.3. The smallest absolute Gasteiger partial charge is 0.336 e. The molecule has 0 spiro atoms. The first kappa shape index (κ1) is 16.2. The van der Waals surface area contributed by atoms with Gasteiger partial charge in [0.15, 0.2) is 5.75 Å². The number of aliphatic carboxylic acids is 1. The molecule has 6 heteroatoms. The summed E-state index contributed by atoms with van der Waals surface area (Å²) in [5.41, 5.74) is 0.889. The van der Waals surface area contributed by atoms with Crippen LogP contribution in [0, 0.1) is 0 Å². The number of methoxy groups -OCH3 is 1. The van der Waals surface area contributed by atoms with Gasteiger partial charge in [-0.05, 0) is 41.5 Å². The summed E-state index contributed by atoms with van der Waals surface area (Å²) in [6.45, 7) is 0. The lowest BCUT2D eigenvalue weighted by atomic mass is 10.0. The summed E-state index contributed by atoms with van der Waals surface area (Å²) in [6, 6.07) is 9.09. The summed E-state index contributed by atoms with van der Waals surface area (Å²) < 4.78 is 5.05. The molecular weight excluding hydrogens is 327 g/mol. The molecule has 0 aliphatic rings. The lowest BCUT2D eigenvalue weighted by Crippen LogP contribution is -1.99. The van der Waals surface area contributed by atoms with Crippen molar-refractivity contribution in [2.45, 2.75) is 0 Å². The topological polar surface area (TPSA) is 66.8 Å². The average molecular weight is 339 g/mol. The zero-order valence-corrected chi connectivity index (χ0v) is 13.0. The van der Waals surface area contributed by atoms with E-state index < -0.39 is 5.97 Å². The van der Waals surface area contributed by atoms with E-state index >= 15 is 0 Å². The van der Waals surface area contributed by atoms with Gasteiger partial charge in [-0.3, -0.25) is 0 Å². The third kappa shape index (κ3) is 3.53. The molecule has 2 aromatic rings. The van der Waals surface area contributed by atoms with Gasteiger partial charge in [0.05, 0.1) is 22.7 Å². The van der Waals surface area contributed by atoms with Crippen molar-refractivity contribution in [1.82, 2.24) is 0 Å². The zero-order valence-electron chi connectivity index (χ0n) is 11.5. The van der Waals surface area contributed by atoms with Crippen LogP contribution in [-0.2, 0) is 4.79 Å². The Kier molecular flexibility index (Phi) is 4.96. The molecule has 0 saturated carbocycles. The number of carboxylic acids is 1. The minimum atomic E-state index is -1.13. The van der Waals surface area contributed by atoms with E-state index in [1.165, 1.54) is 25.3 Å². The summed E-state index contributed by atoms with van der Waals surface area (Å²) in [7, 11) is 1.44. The minimum Gasteiger partial charge on any atom is -0.508 e. The number of aromatic hydroxyl groups is 1. The van der Waals surface area contributed by atoms with E-state index in [1.807, 2.05) is 0 Å². The van der Waals surface area contributed by atoms with E-state index in [-0.39, 0.29) is 21.4 Å². The van der Waals surface area contributed by atoms with Crippen molar-refractivity contribution in [1.29, 1.82) is 0 Å². The Labute approximate surface area is 137 Å². The molecular formula is C16H12Cl2O4. The van der Waals surface area contributed by atoms with E-state index in [0.29, 0.717) is 16.9 Å². The third-order valence-corrected chi connectivity index (χ3v) is 3.48. The lowest BCUT2D eigenvalue weighted by Gasteiger charge is -2.08. The van der Waals surface area contributed by atoms with Gasteiger partial charge in [-0.2, -0.15) is 0 Å². The van der Waals surface area contributed by atoms with Gasteiger partial charge >= 0.3 is 5.97 Å². The maximum absolute atomic E-state index is 11.5. The Balaban J connectivity index is 2.54. The number of halogens is 2. The molecule has 0 aliphatic carbocycles. The largest absolute Gasteiger partial charge is 0.508 e. The Hall–Kier alpha value is -2.17. The van der Waals surface area contributed by atoms with Crippen LogP contribution in [0.1, 0.15) is 11.1 Å². The van der Waals surface area contributed by atoms with Crippen LogP contribution in [0.3, 0.4) is 0 Å². The predicted octanol–water partition coefficient (Wildman–Crippen LogP) is 4.33. The Bertz CT molecular complexity index is 731. The molecule has 2 N–H and O–H groups in total. The van der Waals surface area contributed by atoms with Gasteiger partial charge in [0.25, 0.3) is 0 Å². The highest BCUT2D eigenvalue weighted by atomic mass is 35.5. The molecule has 2 aromatic carbocycles. The monoisotopic (exact) mass is 338 g/mol. The van der Waals surface area contributed by atoms with Crippen molar-refractivity contribution >= 4 is 40.8 Å². The maximum Gasteiger partial charge on any atom is 0.336 e. The van der Waals surface area contributed by atoms with Gasteiger partial charge in [0, 0.05) is 0 Å². The minimum absolute atomic E-state index is 0.00759. The highest BCUT2D eigenvalue weighted by Crippen LogP contribution is 2.35. The summed E-state index contributed by atoms with van der Waals surface area (Å²) in [5, 5.41) is 19.4. The van der Waals surface area contributed by atoms with Gasteiger partial charge in [0.2, 0.25) is 0 Å². The molecule has 0 aliphatic heterocycles. The number of ether oxygens (including phenoxy) is 1. The number of phenols is 1. The second kappa shape index (κ2) is 6.73. The fraction of sp³-hybridized carbons (Fsp3) is 0.0625. The number of rotatable bonds is 4. The molecule has 4 nitrogen and oxygen atoms in total. The van der Waals surface area contributed by atoms with Gasteiger partial charge in [0.1, 0.15) is 5.75 Å². The molecule has 0 fully saturated rings. The molecule has 0 bridgehead atoms. The highest BCUT2D eigenvalue weighted by Gasteiger charge is 2.13. The van der Waals surface area contributed by atoms with Crippen molar-refractivity contribution < 1.29 is 19.7 Å².